The van der Waals surface area contributed by atoms with E-state index >= 15 is 0 Å². The number of para-hydroxylation sites is 1. The van der Waals surface area contributed by atoms with Crippen LogP contribution in [0.25, 0.3) is 0 Å². The summed E-state index contributed by atoms with van der Waals surface area (Å²) in [4.78, 5) is 0. The molecule has 0 fully saturated rings. The van der Waals surface area contributed by atoms with Crippen LogP contribution in [0.5, 0.6) is 0 Å². The molecule has 1 nitrogen and oxygen atoms in total. The van der Waals surface area contributed by atoms with Gasteiger partial charge in [-0.05, 0) is 47.6 Å². The maximum atomic E-state index is 3.76. The van der Waals surface area contributed by atoms with Crippen LogP contribution >= 0.6 is 22.6 Å². The van der Waals surface area contributed by atoms with Crippen LogP contribution in [-0.2, 0) is 0 Å². The number of nitrogens with one attached hydrogen (secondary N) is 1. The molecule has 0 aliphatic carbocycles. The SMILES string of the molecule is CCCCCC(CCCCC)Nc1ccccc1I. The maximum absolute atomic E-state index is 3.76. The Bertz CT molecular complexity index is 328. The average Bonchev–Trinajstić information content (AvgIpc) is 2.41. The summed E-state index contributed by atoms with van der Waals surface area (Å²) in [7, 11) is 0. The average molecular weight is 373 g/mol. The third-order valence-electron chi connectivity index (χ3n) is 3.55. The predicted molar refractivity (Wildman–Crippen MR) is 94.9 cm³/mol. The summed E-state index contributed by atoms with van der Waals surface area (Å²) in [5.74, 6) is 0. The minimum Gasteiger partial charge on any atom is -0.381 e. The van der Waals surface area contributed by atoms with Gasteiger partial charge in [-0.3, -0.25) is 0 Å². The van der Waals surface area contributed by atoms with Gasteiger partial charge in [0.05, 0.1) is 0 Å². The Morgan fingerprint density at radius 2 is 1.53 bits per heavy atom. The quantitative estimate of drug-likeness (QED) is 0.379. The van der Waals surface area contributed by atoms with Crippen molar-refractivity contribution >= 4 is 28.3 Å². The van der Waals surface area contributed by atoms with E-state index in [-0.39, 0.29) is 0 Å². The summed E-state index contributed by atoms with van der Waals surface area (Å²) in [6.07, 6.45) is 10.7. The van der Waals surface area contributed by atoms with E-state index in [2.05, 4.69) is 66.0 Å². The highest BCUT2D eigenvalue weighted by atomic mass is 127. The second-order valence-electron chi connectivity index (χ2n) is 5.31. The first-order valence-corrected chi connectivity index (χ1v) is 8.86. The fourth-order valence-electron chi connectivity index (χ4n) is 2.37. The van der Waals surface area contributed by atoms with Gasteiger partial charge in [-0.25, -0.2) is 0 Å². The van der Waals surface area contributed by atoms with Gasteiger partial charge in [0.1, 0.15) is 0 Å². The van der Waals surface area contributed by atoms with E-state index in [0.717, 1.165) is 0 Å². The maximum Gasteiger partial charge on any atom is 0.0478 e. The van der Waals surface area contributed by atoms with Gasteiger partial charge in [0.15, 0.2) is 0 Å². The molecule has 1 aromatic carbocycles. The molecule has 0 heterocycles. The van der Waals surface area contributed by atoms with Crippen molar-refractivity contribution in [2.24, 2.45) is 0 Å². The number of unbranched alkanes of at least 4 members (excludes halogenated alkanes) is 4. The lowest BCUT2D eigenvalue weighted by atomic mass is 10.0. The molecular weight excluding hydrogens is 345 g/mol. The topological polar surface area (TPSA) is 12.0 Å². The molecule has 0 spiro atoms. The Morgan fingerprint density at radius 1 is 0.947 bits per heavy atom. The number of anilines is 1. The van der Waals surface area contributed by atoms with Crippen LogP contribution in [0, 0.1) is 3.57 Å². The monoisotopic (exact) mass is 373 g/mol. The molecule has 1 rings (SSSR count). The molecule has 0 amide bonds. The lowest BCUT2D eigenvalue weighted by molar-refractivity contribution is 0.526. The van der Waals surface area contributed by atoms with Crippen molar-refractivity contribution in [2.75, 3.05) is 5.32 Å². The number of hydrogen-bond acceptors (Lipinski definition) is 1. The molecule has 108 valence electrons. The minimum absolute atomic E-state index is 0.647. The number of rotatable bonds is 10. The molecule has 0 radical (unpaired) electrons. The van der Waals surface area contributed by atoms with Crippen LogP contribution < -0.4 is 5.32 Å². The van der Waals surface area contributed by atoms with Crippen LogP contribution in [0.4, 0.5) is 5.69 Å². The molecule has 0 unspecified atom stereocenters. The molecule has 1 N–H and O–H groups in total. The van der Waals surface area contributed by atoms with Crippen molar-refractivity contribution in [1.82, 2.24) is 0 Å². The largest absolute Gasteiger partial charge is 0.381 e. The Morgan fingerprint density at radius 3 is 2.05 bits per heavy atom. The molecule has 0 saturated heterocycles. The van der Waals surface area contributed by atoms with E-state index < -0.39 is 0 Å². The minimum atomic E-state index is 0.647. The molecule has 0 aliphatic rings. The van der Waals surface area contributed by atoms with Crippen molar-refractivity contribution in [3.05, 3.63) is 27.8 Å². The Hall–Kier alpha value is -0.250. The van der Waals surface area contributed by atoms with Crippen LogP contribution in [0.3, 0.4) is 0 Å². The smallest absolute Gasteiger partial charge is 0.0478 e. The summed E-state index contributed by atoms with van der Waals surface area (Å²) in [5, 5.41) is 3.76. The summed E-state index contributed by atoms with van der Waals surface area (Å²) in [6, 6.07) is 9.26. The molecule has 0 bridgehead atoms. The van der Waals surface area contributed by atoms with Crippen molar-refractivity contribution in [2.45, 2.75) is 71.3 Å². The molecule has 0 aliphatic heterocycles. The van der Waals surface area contributed by atoms with Crippen LogP contribution in [0.2, 0.25) is 0 Å². The third-order valence-corrected chi connectivity index (χ3v) is 4.49. The van der Waals surface area contributed by atoms with Gasteiger partial charge < -0.3 is 5.32 Å². The predicted octanol–water partition coefficient (Wildman–Crippen LogP) is 6.23. The zero-order valence-electron chi connectivity index (χ0n) is 12.4. The zero-order chi connectivity index (χ0) is 13.9. The van der Waals surface area contributed by atoms with E-state index in [1.54, 1.807) is 0 Å². The van der Waals surface area contributed by atoms with Gasteiger partial charge >= 0.3 is 0 Å². The Kier molecular flexibility index (Phi) is 9.31. The fourth-order valence-corrected chi connectivity index (χ4v) is 2.91. The van der Waals surface area contributed by atoms with E-state index in [1.807, 2.05) is 0 Å². The van der Waals surface area contributed by atoms with Gasteiger partial charge in [-0.1, -0.05) is 64.5 Å². The van der Waals surface area contributed by atoms with Gasteiger partial charge in [0.25, 0.3) is 0 Å². The molecule has 0 aromatic heterocycles. The summed E-state index contributed by atoms with van der Waals surface area (Å²) < 4.78 is 1.33. The Balaban J connectivity index is 2.49. The van der Waals surface area contributed by atoms with Crippen molar-refractivity contribution in [1.29, 1.82) is 0 Å². The summed E-state index contributed by atoms with van der Waals surface area (Å²) in [5.41, 5.74) is 1.31. The second kappa shape index (κ2) is 10.5. The molecule has 0 atom stereocenters. The standard InChI is InChI=1S/C17H28IN/c1-3-5-7-11-15(12-8-6-4-2)19-17-14-10-9-13-16(17)18/h9-10,13-15,19H,3-8,11-12H2,1-2H3. The number of hydrogen-bond donors (Lipinski definition) is 1. The van der Waals surface area contributed by atoms with Crippen molar-refractivity contribution in [3.63, 3.8) is 0 Å². The third kappa shape index (κ3) is 7.19. The molecule has 1 aromatic rings. The van der Waals surface area contributed by atoms with E-state index in [9.17, 15) is 0 Å². The normalized spacial score (nSPS) is 10.9. The van der Waals surface area contributed by atoms with Crippen LogP contribution in [0.1, 0.15) is 65.2 Å². The highest BCUT2D eigenvalue weighted by Crippen LogP contribution is 2.21. The molecule has 19 heavy (non-hydrogen) atoms. The summed E-state index contributed by atoms with van der Waals surface area (Å²) in [6.45, 7) is 4.55. The van der Waals surface area contributed by atoms with Crippen molar-refractivity contribution in [3.8, 4) is 0 Å². The lowest BCUT2D eigenvalue weighted by Crippen LogP contribution is -2.20. The second-order valence-corrected chi connectivity index (χ2v) is 6.47. The van der Waals surface area contributed by atoms with Gasteiger partial charge in [-0.2, -0.15) is 0 Å². The first-order chi connectivity index (χ1) is 9.27. The highest BCUT2D eigenvalue weighted by Gasteiger charge is 2.09. The van der Waals surface area contributed by atoms with E-state index in [0.29, 0.717) is 6.04 Å². The Labute approximate surface area is 132 Å². The van der Waals surface area contributed by atoms with Gasteiger partial charge in [-0.15, -0.1) is 0 Å². The fraction of sp³-hybridized carbons (Fsp3) is 0.647. The van der Waals surface area contributed by atoms with Crippen LogP contribution in [-0.4, -0.2) is 6.04 Å². The van der Waals surface area contributed by atoms with Crippen LogP contribution in [0.15, 0.2) is 24.3 Å². The summed E-state index contributed by atoms with van der Waals surface area (Å²) >= 11 is 2.42. The van der Waals surface area contributed by atoms with Gasteiger partial charge in [0.2, 0.25) is 0 Å². The van der Waals surface area contributed by atoms with E-state index in [1.165, 1.54) is 60.6 Å². The molecular formula is C17H28IN. The van der Waals surface area contributed by atoms with E-state index in [4.69, 9.17) is 0 Å². The number of benzene rings is 1. The molecule has 2 heteroatoms. The first-order valence-electron chi connectivity index (χ1n) is 7.79. The first kappa shape index (κ1) is 16.8. The van der Waals surface area contributed by atoms with Gasteiger partial charge in [0, 0.05) is 15.3 Å². The van der Waals surface area contributed by atoms with Crippen molar-refractivity contribution < 1.29 is 0 Å². The number of halogens is 1. The zero-order valence-corrected chi connectivity index (χ0v) is 14.6. The lowest BCUT2D eigenvalue weighted by Gasteiger charge is -2.21. The highest BCUT2D eigenvalue weighted by molar-refractivity contribution is 14.1. The molecule has 0 saturated carbocycles.